The van der Waals surface area contributed by atoms with Gasteiger partial charge < -0.3 is 4.74 Å². The predicted octanol–water partition coefficient (Wildman–Crippen LogP) is 3.39. The summed E-state index contributed by atoms with van der Waals surface area (Å²) in [6.45, 7) is 0. The third-order valence-electron chi connectivity index (χ3n) is 5.29. The summed E-state index contributed by atoms with van der Waals surface area (Å²) in [6, 6.07) is 4.97. The predicted molar refractivity (Wildman–Crippen MR) is 108 cm³/mol. The minimum atomic E-state index is -4.53. The summed E-state index contributed by atoms with van der Waals surface area (Å²) in [4.78, 5) is 6.28. The molecule has 0 bridgehead atoms. The van der Waals surface area contributed by atoms with Crippen LogP contribution in [-0.4, -0.2) is 34.3 Å². The van der Waals surface area contributed by atoms with Crippen LogP contribution in [0.2, 0.25) is 0 Å². The quantitative estimate of drug-likeness (QED) is 0.619. The van der Waals surface area contributed by atoms with E-state index in [4.69, 9.17) is 4.74 Å². The second kappa shape index (κ2) is 8.58. The topological polar surface area (TPSA) is 99.0 Å². The molecule has 2 aromatic heterocycles. The van der Waals surface area contributed by atoms with Crippen molar-refractivity contribution in [2.75, 3.05) is 4.72 Å². The molecule has 31 heavy (non-hydrogen) atoms. The summed E-state index contributed by atoms with van der Waals surface area (Å²) in [7, 11) is -2.70. The molecule has 8 nitrogen and oxygen atoms in total. The number of ether oxygens (including phenoxy) is 1. The lowest BCUT2D eigenvalue weighted by atomic mass is 9.84. The Kier molecular flexibility index (Phi) is 5.86. The summed E-state index contributed by atoms with van der Waals surface area (Å²) in [6.07, 6.45) is 7.35. The standard InChI is InChI=1S/C20H21F2N5O3S/c1-27-17(6-9-25-27)14-4-2-3-5-18(14)30-13-10-15(21)20(16(22)11-13)31(28,29)26-19-7-8-23-12-24-19/h6-12,14,18H,2-5H2,1H3,(H,23,24,26)/t14-,18+/m1/s1. The number of halogens is 2. The van der Waals surface area contributed by atoms with Crippen molar-refractivity contribution in [1.82, 2.24) is 19.7 Å². The Morgan fingerprint density at radius 1 is 1.13 bits per heavy atom. The van der Waals surface area contributed by atoms with Crippen molar-refractivity contribution in [1.29, 1.82) is 0 Å². The first-order chi connectivity index (χ1) is 14.8. The van der Waals surface area contributed by atoms with Crippen LogP contribution >= 0.6 is 0 Å². The van der Waals surface area contributed by atoms with Gasteiger partial charge in [0.05, 0.1) is 0 Å². The third-order valence-corrected chi connectivity index (χ3v) is 6.70. The zero-order chi connectivity index (χ0) is 22.0. The second-order valence-electron chi connectivity index (χ2n) is 7.34. The van der Waals surface area contributed by atoms with Gasteiger partial charge in [-0.2, -0.15) is 5.10 Å². The molecule has 0 aliphatic heterocycles. The number of rotatable bonds is 6. The lowest BCUT2D eigenvalue weighted by Crippen LogP contribution is -2.30. The molecule has 2 heterocycles. The molecule has 164 valence electrons. The van der Waals surface area contributed by atoms with E-state index in [1.807, 2.05) is 17.8 Å². The molecule has 2 atom stereocenters. The van der Waals surface area contributed by atoms with Gasteiger partial charge in [-0.3, -0.25) is 9.40 Å². The molecule has 0 amide bonds. The molecule has 1 aromatic carbocycles. The van der Waals surface area contributed by atoms with Gasteiger partial charge in [0.25, 0.3) is 10.0 Å². The van der Waals surface area contributed by atoms with Gasteiger partial charge in [0.15, 0.2) is 4.90 Å². The van der Waals surface area contributed by atoms with Crippen molar-refractivity contribution in [3.63, 3.8) is 0 Å². The third kappa shape index (κ3) is 4.50. The van der Waals surface area contributed by atoms with E-state index >= 15 is 0 Å². The summed E-state index contributed by atoms with van der Waals surface area (Å²) in [5, 5.41) is 4.19. The minimum Gasteiger partial charge on any atom is -0.490 e. The maximum Gasteiger partial charge on any atom is 0.268 e. The smallest absolute Gasteiger partial charge is 0.268 e. The fraction of sp³-hybridized carbons (Fsp3) is 0.350. The van der Waals surface area contributed by atoms with Crippen molar-refractivity contribution in [3.05, 3.63) is 60.3 Å². The fourth-order valence-electron chi connectivity index (χ4n) is 3.90. The van der Waals surface area contributed by atoms with Crippen molar-refractivity contribution in [3.8, 4) is 5.75 Å². The molecule has 1 fully saturated rings. The molecule has 0 unspecified atom stereocenters. The number of benzene rings is 1. The van der Waals surface area contributed by atoms with Gasteiger partial charge in [-0.05, 0) is 31.4 Å². The molecule has 1 N–H and O–H groups in total. The Bertz CT molecular complexity index is 1150. The molecular formula is C20H21F2N5O3S. The Balaban J connectivity index is 1.59. The van der Waals surface area contributed by atoms with E-state index in [0.29, 0.717) is 6.42 Å². The molecule has 3 aromatic rings. The average Bonchev–Trinajstić information content (AvgIpc) is 3.14. The Labute approximate surface area is 178 Å². The van der Waals surface area contributed by atoms with Gasteiger partial charge in [-0.25, -0.2) is 27.2 Å². The highest BCUT2D eigenvalue weighted by Gasteiger charge is 2.31. The monoisotopic (exact) mass is 449 g/mol. The van der Waals surface area contributed by atoms with Crippen molar-refractivity contribution in [2.24, 2.45) is 7.05 Å². The number of anilines is 1. The first kappa shape index (κ1) is 21.2. The van der Waals surface area contributed by atoms with E-state index in [2.05, 4.69) is 15.1 Å². The van der Waals surface area contributed by atoms with Gasteiger partial charge in [-0.1, -0.05) is 6.42 Å². The average molecular weight is 449 g/mol. The minimum absolute atomic E-state index is 0.0233. The molecule has 0 radical (unpaired) electrons. The number of hydrogen-bond donors (Lipinski definition) is 1. The SMILES string of the molecule is Cn1nccc1[C@H]1CCCC[C@@H]1Oc1cc(F)c(S(=O)(=O)Nc2ccncn2)c(F)c1. The lowest BCUT2D eigenvalue weighted by molar-refractivity contribution is 0.125. The first-order valence-corrected chi connectivity index (χ1v) is 11.3. The molecule has 4 rings (SSSR count). The van der Waals surface area contributed by atoms with E-state index in [9.17, 15) is 17.2 Å². The highest BCUT2D eigenvalue weighted by Crippen LogP contribution is 2.36. The van der Waals surface area contributed by atoms with Crippen molar-refractivity contribution < 1.29 is 21.9 Å². The number of nitrogens with zero attached hydrogens (tertiary/aromatic N) is 4. The summed E-state index contributed by atoms with van der Waals surface area (Å²) >= 11 is 0. The Morgan fingerprint density at radius 3 is 2.52 bits per heavy atom. The summed E-state index contributed by atoms with van der Waals surface area (Å²) < 4.78 is 64.1. The van der Waals surface area contributed by atoms with E-state index in [-0.39, 0.29) is 23.6 Å². The molecule has 1 saturated carbocycles. The Morgan fingerprint density at radius 2 is 1.87 bits per heavy atom. The molecule has 11 heteroatoms. The number of hydrogen-bond acceptors (Lipinski definition) is 6. The zero-order valence-electron chi connectivity index (χ0n) is 16.7. The number of nitrogens with one attached hydrogen (secondary N) is 1. The van der Waals surface area contributed by atoms with Crippen LogP contribution in [0.3, 0.4) is 0 Å². The van der Waals surface area contributed by atoms with Crippen LogP contribution in [0.1, 0.15) is 37.3 Å². The number of sulfonamides is 1. The highest BCUT2D eigenvalue weighted by atomic mass is 32.2. The van der Waals surface area contributed by atoms with Crippen molar-refractivity contribution >= 4 is 15.8 Å². The van der Waals surface area contributed by atoms with Crippen molar-refractivity contribution in [2.45, 2.75) is 42.6 Å². The first-order valence-electron chi connectivity index (χ1n) is 9.77. The Hall–Kier alpha value is -3.08. The van der Waals surface area contributed by atoms with Crippen LogP contribution in [0, 0.1) is 11.6 Å². The molecule has 1 aliphatic carbocycles. The summed E-state index contributed by atoms with van der Waals surface area (Å²) in [5.41, 5.74) is 0.985. The number of aromatic nitrogens is 4. The van der Waals surface area contributed by atoms with E-state index < -0.39 is 26.6 Å². The lowest BCUT2D eigenvalue weighted by Gasteiger charge is -2.32. The van der Waals surface area contributed by atoms with Gasteiger partial charge in [0, 0.05) is 43.2 Å². The van der Waals surface area contributed by atoms with Crippen LogP contribution in [-0.2, 0) is 17.1 Å². The zero-order valence-corrected chi connectivity index (χ0v) is 17.5. The van der Waals surface area contributed by atoms with Gasteiger partial charge in [-0.15, -0.1) is 0 Å². The molecule has 0 saturated heterocycles. The molecule has 0 spiro atoms. The van der Waals surface area contributed by atoms with Crippen LogP contribution in [0.25, 0.3) is 0 Å². The number of aryl methyl sites for hydroxylation is 1. The molecule has 1 aliphatic rings. The van der Waals surface area contributed by atoms with E-state index in [1.165, 1.54) is 12.3 Å². The normalized spacial score (nSPS) is 19.2. The van der Waals surface area contributed by atoms with Gasteiger partial charge in [0.2, 0.25) is 0 Å². The van der Waals surface area contributed by atoms with Crippen LogP contribution < -0.4 is 9.46 Å². The fourth-order valence-corrected chi connectivity index (χ4v) is 5.03. The van der Waals surface area contributed by atoms with E-state index in [1.54, 1.807) is 10.9 Å². The highest BCUT2D eigenvalue weighted by molar-refractivity contribution is 7.92. The largest absolute Gasteiger partial charge is 0.490 e. The summed E-state index contributed by atoms with van der Waals surface area (Å²) in [5.74, 6) is -2.63. The van der Waals surface area contributed by atoms with Gasteiger partial charge in [0.1, 0.15) is 35.6 Å². The van der Waals surface area contributed by atoms with Crippen LogP contribution in [0.5, 0.6) is 5.75 Å². The second-order valence-corrected chi connectivity index (χ2v) is 8.96. The maximum atomic E-state index is 14.7. The van der Waals surface area contributed by atoms with Crippen LogP contribution in [0.15, 0.2) is 47.9 Å². The maximum absolute atomic E-state index is 14.7. The van der Waals surface area contributed by atoms with E-state index in [0.717, 1.165) is 43.4 Å². The molecular weight excluding hydrogens is 428 g/mol. The van der Waals surface area contributed by atoms with Gasteiger partial charge >= 0.3 is 0 Å². The van der Waals surface area contributed by atoms with Crippen LogP contribution in [0.4, 0.5) is 14.6 Å².